The predicted molar refractivity (Wildman–Crippen MR) is 117 cm³/mol. The van der Waals surface area contributed by atoms with Gasteiger partial charge < -0.3 is 10.6 Å². The lowest BCUT2D eigenvalue weighted by atomic mass is 10.0. The van der Waals surface area contributed by atoms with E-state index in [2.05, 4.69) is 18.8 Å². The third-order valence-corrected chi connectivity index (χ3v) is 5.05. The molecule has 2 rings (SSSR count). The Balaban J connectivity index is 2.49. The van der Waals surface area contributed by atoms with Crippen molar-refractivity contribution < 1.29 is 4.79 Å². The second-order valence-corrected chi connectivity index (χ2v) is 7.83. The molecule has 7 nitrogen and oxygen atoms in total. The first-order chi connectivity index (χ1) is 13.8. The van der Waals surface area contributed by atoms with E-state index >= 15 is 0 Å². The van der Waals surface area contributed by atoms with E-state index in [0.29, 0.717) is 25.4 Å². The van der Waals surface area contributed by atoms with E-state index < -0.39 is 11.2 Å². The van der Waals surface area contributed by atoms with Crippen LogP contribution < -0.4 is 21.9 Å². The quantitative estimate of drug-likeness (QED) is 0.676. The molecule has 0 saturated carbocycles. The van der Waals surface area contributed by atoms with Gasteiger partial charge in [-0.25, -0.2) is 4.79 Å². The first-order valence-corrected chi connectivity index (χ1v) is 10.2. The number of anilines is 2. The first kappa shape index (κ1) is 22.5. The lowest BCUT2D eigenvalue weighted by molar-refractivity contribution is -0.118. The molecule has 1 heterocycles. The van der Waals surface area contributed by atoms with Crippen molar-refractivity contribution >= 4 is 17.4 Å². The number of benzene rings is 1. The highest BCUT2D eigenvalue weighted by molar-refractivity contribution is 5.96. The van der Waals surface area contributed by atoms with E-state index in [9.17, 15) is 14.4 Å². The molecule has 1 aromatic heterocycles. The summed E-state index contributed by atoms with van der Waals surface area (Å²) in [6.45, 7) is 8.83. The van der Waals surface area contributed by atoms with Gasteiger partial charge in [0.25, 0.3) is 5.56 Å². The maximum Gasteiger partial charge on any atom is 0.330 e. The molecule has 0 unspecified atom stereocenters. The van der Waals surface area contributed by atoms with Gasteiger partial charge in [0.15, 0.2) is 5.69 Å². The molecule has 29 heavy (non-hydrogen) atoms. The fourth-order valence-electron chi connectivity index (χ4n) is 3.19. The largest absolute Gasteiger partial charge is 0.383 e. The van der Waals surface area contributed by atoms with Gasteiger partial charge in [-0.1, -0.05) is 51.5 Å². The summed E-state index contributed by atoms with van der Waals surface area (Å²) in [5, 5.41) is 0. The van der Waals surface area contributed by atoms with Crippen molar-refractivity contribution in [2.45, 2.75) is 59.9 Å². The zero-order valence-electron chi connectivity index (χ0n) is 17.8. The highest BCUT2D eigenvalue weighted by Crippen LogP contribution is 2.20. The summed E-state index contributed by atoms with van der Waals surface area (Å²) in [6, 6.07) is 7.67. The zero-order chi connectivity index (χ0) is 21.6. The smallest absolute Gasteiger partial charge is 0.330 e. The Hall–Kier alpha value is -2.83. The van der Waals surface area contributed by atoms with Crippen LogP contribution in [0.2, 0.25) is 0 Å². The Bertz CT molecular complexity index is 959. The predicted octanol–water partition coefficient (Wildman–Crippen LogP) is 2.85. The van der Waals surface area contributed by atoms with Crippen molar-refractivity contribution in [3.05, 3.63) is 56.2 Å². The van der Waals surface area contributed by atoms with Crippen molar-refractivity contribution in [1.29, 1.82) is 0 Å². The van der Waals surface area contributed by atoms with Crippen molar-refractivity contribution in [2.75, 3.05) is 17.2 Å². The van der Waals surface area contributed by atoms with Gasteiger partial charge in [-0.2, -0.15) is 0 Å². The van der Waals surface area contributed by atoms with E-state index in [-0.39, 0.29) is 23.8 Å². The lowest BCUT2D eigenvalue weighted by Crippen LogP contribution is -2.42. The number of hydrogen-bond donors (Lipinski definition) is 2. The third-order valence-electron chi connectivity index (χ3n) is 5.05. The first-order valence-electron chi connectivity index (χ1n) is 10.2. The van der Waals surface area contributed by atoms with Crippen LogP contribution >= 0.6 is 0 Å². The van der Waals surface area contributed by atoms with Crippen LogP contribution in [-0.2, 0) is 17.8 Å². The minimum atomic E-state index is -0.623. The fourth-order valence-corrected chi connectivity index (χ4v) is 3.19. The summed E-state index contributed by atoms with van der Waals surface area (Å²) >= 11 is 0. The molecule has 0 spiro atoms. The monoisotopic (exact) mass is 400 g/mol. The summed E-state index contributed by atoms with van der Waals surface area (Å²) in [6.07, 6.45) is 2.51. The van der Waals surface area contributed by atoms with Crippen LogP contribution in [0.25, 0.3) is 0 Å². The molecule has 0 radical (unpaired) electrons. The van der Waals surface area contributed by atoms with Crippen LogP contribution in [-0.4, -0.2) is 22.0 Å². The highest BCUT2D eigenvalue weighted by Gasteiger charge is 2.24. The maximum absolute atomic E-state index is 13.2. The average Bonchev–Trinajstić information content (AvgIpc) is 2.65. The molecule has 1 aromatic carbocycles. The van der Waals surface area contributed by atoms with Gasteiger partial charge in [-0.3, -0.25) is 19.1 Å². The van der Waals surface area contributed by atoms with Crippen LogP contribution in [0.5, 0.6) is 0 Å². The Kier molecular flexibility index (Phi) is 7.82. The molecule has 0 fully saturated rings. The number of carbonyl (C=O) groups excluding carboxylic acids is 1. The third kappa shape index (κ3) is 5.59. The molecule has 0 aliphatic heterocycles. The Labute approximate surface area is 171 Å². The number of aromatic amines is 1. The second-order valence-electron chi connectivity index (χ2n) is 7.83. The number of unbranched alkanes of at least 4 members (excludes halogenated alkanes) is 1. The number of aryl methyl sites for hydroxylation is 1. The normalized spacial score (nSPS) is 11.1. The van der Waals surface area contributed by atoms with E-state index in [1.807, 2.05) is 38.1 Å². The van der Waals surface area contributed by atoms with Crippen LogP contribution in [0.1, 0.15) is 51.2 Å². The van der Waals surface area contributed by atoms with Gasteiger partial charge in [0, 0.05) is 13.1 Å². The number of aromatic nitrogens is 2. The molecule has 2 aromatic rings. The Morgan fingerprint density at radius 2 is 1.93 bits per heavy atom. The molecular formula is C22H32N4O3. The van der Waals surface area contributed by atoms with Crippen LogP contribution in [0.3, 0.4) is 0 Å². The van der Waals surface area contributed by atoms with E-state index in [1.165, 1.54) is 9.47 Å². The minimum Gasteiger partial charge on any atom is -0.383 e. The van der Waals surface area contributed by atoms with Crippen molar-refractivity contribution in [1.82, 2.24) is 9.55 Å². The van der Waals surface area contributed by atoms with Gasteiger partial charge in [0.05, 0.1) is 6.42 Å². The van der Waals surface area contributed by atoms with E-state index in [4.69, 9.17) is 5.73 Å². The van der Waals surface area contributed by atoms with Gasteiger partial charge in [-0.15, -0.1) is 0 Å². The summed E-state index contributed by atoms with van der Waals surface area (Å²) in [5.41, 5.74) is 7.07. The molecule has 7 heteroatoms. The molecule has 158 valence electrons. The Morgan fingerprint density at radius 3 is 2.55 bits per heavy atom. The molecule has 0 aliphatic carbocycles. The maximum atomic E-state index is 13.2. The van der Waals surface area contributed by atoms with Crippen molar-refractivity contribution in [3.8, 4) is 0 Å². The number of amides is 1. The van der Waals surface area contributed by atoms with Crippen LogP contribution in [0.15, 0.2) is 33.9 Å². The number of nitrogens with one attached hydrogen (secondary N) is 1. The van der Waals surface area contributed by atoms with Gasteiger partial charge >= 0.3 is 5.69 Å². The SMILES string of the molecule is CCCCn1c(N)c(N(CCC(C)C)C(=O)Cc2ccccc2C)c(=O)[nH]c1=O. The fraction of sp³-hybridized carbons (Fsp3) is 0.500. The lowest BCUT2D eigenvalue weighted by Gasteiger charge is -2.25. The highest BCUT2D eigenvalue weighted by atomic mass is 16.2. The zero-order valence-corrected chi connectivity index (χ0v) is 17.8. The molecule has 3 N–H and O–H groups in total. The number of rotatable bonds is 9. The molecule has 0 aliphatic rings. The molecular weight excluding hydrogens is 368 g/mol. The summed E-state index contributed by atoms with van der Waals surface area (Å²) in [5.74, 6) is 0.182. The molecule has 1 amide bonds. The standard InChI is InChI=1S/C22H32N4O3/c1-5-6-12-26-20(23)19(21(28)24-22(26)29)25(13-11-15(2)3)18(27)14-17-10-8-7-9-16(17)4/h7-10,15H,5-6,11-14,23H2,1-4H3,(H,24,28,29). The summed E-state index contributed by atoms with van der Waals surface area (Å²) < 4.78 is 1.35. The van der Waals surface area contributed by atoms with Crippen LogP contribution in [0, 0.1) is 12.8 Å². The van der Waals surface area contributed by atoms with Gasteiger partial charge in [0.2, 0.25) is 5.91 Å². The molecule has 0 atom stereocenters. The van der Waals surface area contributed by atoms with Crippen molar-refractivity contribution in [3.63, 3.8) is 0 Å². The van der Waals surface area contributed by atoms with E-state index in [1.54, 1.807) is 0 Å². The van der Waals surface area contributed by atoms with Crippen LogP contribution in [0.4, 0.5) is 11.5 Å². The number of nitrogen functional groups attached to an aromatic ring is 1. The summed E-state index contributed by atoms with van der Waals surface area (Å²) in [7, 11) is 0. The topological polar surface area (TPSA) is 101 Å². The second kappa shape index (κ2) is 10.1. The number of H-pyrrole nitrogens is 1. The Morgan fingerprint density at radius 1 is 1.24 bits per heavy atom. The number of hydrogen-bond acceptors (Lipinski definition) is 4. The molecule has 0 saturated heterocycles. The van der Waals surface area contributed by atoms with Gasteiger partial charge in [-0.05, 0) is 36.8 Å². The van der Waals surface area contributed by atoms with E-state index in [0.717, 1.165) is 24.0 Å². The number of nitrogens with two attached hydrogens (primary N) is 1. The number of carbonyl (C=O) groups is 1. The minimum absolute atomic E-state index is 0.0501. The average molecular weight is 401 g/mol. The van der Waals surface area contributed by atoms with Crippen molar-refractivity contribution in [2.24, 2.45) is 5.92 Å². The number of nitrogens with zero attached hydrogens (tertiary/aromatic N) is 2. The molecule has 0 bridgehead atoms. The summed E-state index contributed by atoms with van der Waals surface area (Å²) in [4.78, 5) is 41.9. The van der Waals surface area contributed by atoms with Gasteiger partial charge in [0.1, 0.15) is 5.82 Å².